The van der Waals surface area contributed by atoms with Gasteiger partial charge in [0.15, 0.2) is 0 Å². The summed E-state index contributed by atoms with van der Waals surface area (Å²) in [5.74, 6) is 0.613. The molecule has 1 atom stereocenters. The van der Waals surface area contributed by atoms with Gasteiger partial charge < -0.3 is 9.88 Å². The molecule has 3 heterocycles. The number of carbonyl (C=O) groups is 1. The summed E-state index contributed by atoms with van der Waals surface area (Å²) in [4.78, 5) is 24.4. The fourth-order valence-corrected chi connectivity index (χ4v) is 4.20. The molecule has 1 N–H and O–H groups in total. The Morgan fingerprint density at radius 3 is 2.77 bits per heavy atom. The van der Waals surface area contributed by atoms with Crippen molar-refractivity contribution in [1.82, 2.24) is 24.8 Å². The lowest BCUT2D eigenvalue weighted by Crippen LogP contribution is -2.27. The SMILES string of the molecule is CCn1ccnc1CN1CCC[C@@H]1c1ccc(C(=O)NCc2ccc(F)cc2)c(C)n1. The monoisotopic (exact) mass is 421 g/mol. The molecule has 1 aromatic carbocycles. The van der Waals surface area contributed by atoms with Crippen molar-refractivity contribution in [1.29, 1.82) is 0 Å². The number of amides is 1. The number of carbonyl (C=O) groups excluding carboxylic acids is 1. The Bertz CT molecular complexity index is 1050. The third-order valence-electron chi connectivity index (χ3n) is 5.91. The number of imidazole rings is 1. The number of aromatic nitrogens is 3. The summed E-state index contributed by atoms with van der Waals surface area (Å²) in [6, 6.07) is 10.2. The lowest BCUT2D eigenvalue weighted by molar-refractivity contribution is 0.0949. The summed E-state index contributed by atoms with van der Waals surface area (Å²) in [7, 11) is 0. The minimum absolute atomic E-state index is 0.172. The predicted octanol–water partition coefficient (Wildman–Crippen LogP) is 4.01. The topological polar surface area (TPSA) is 63.1 Å². The number of hydrogen-bond acceptors (Lipinski definition) is 4. The van der Waals surface area contributed by atoms with Crippen LogP contribution in [0.1, 0.15) is 58.9 Å². The first-order valence-corrected chi connectivity index (χ1v) is 10.8. The highest BCUT2D eigenvalue weighted by Gasteiger charge is 2.28. The van der Waals surface area contributed by atoms with E-state index in [9.17, 15) is 9.18 Å². The van der Waals surface area contributed by atoms with Gasteiger partial charge in [-0.05, 0) is 63.1 Å². The summed E-state index contributed by atoms with van der Waals surface area (Å²) in [6.45, 7) is 7.07. The van der Waals surface area contributed by atoms with E-state index < -0.39 is 0 Å². The molecule has 1 fully saturated rings. The highest BCUT2D eigenvalue weighted by molar-refractivity contribution is 5.95. The molecule has 7 heteroatoms. The van der Waals surface area contributed by atoms with Gasteiger partial charge >= 0.3 is 0 Å². The van der Waals surface area contributed by atoms with Gasteiger partial charge in [0, 0.05) is 25.5 Å². The van der Waals surface area contributed by atoms with Gasteiger partial charge in [0.2, 0.25) is 0 Å². The highest BCUT2D eigenvalue weighted by atomic mass is 19.1. The molecular formula is C24H28FN5O. The number of likely N-dealkylation sites (tertiary alicyclic amines) is 1. The zero-order valence-corrected chi connectivity index (χ0v) is 18.0. The quantitative estimate of drug-likeness (QED) is 0.626. The Balaban J connectivity index is 1.43. The average Bonchev–Trinajstić information content (AvgIpc) is 3.42. The van der Waals surface area contributed by atoms with Crippen LogP contribution >= 0.6 is 0 Å². The van der Waals surface area contributed by atoms with Crippen LogP contribution in [0.25, 0.3) is 0 Å². The molecule has 0 saturated carbocycles. The van der Waals surface area contributed by atoms with Crippen molar-refractivity contribution in [3.63, 3.8) is 0 Å². The second-order valence-corrected chi connectivity index (χ2v) is 7.94. The lowest BCUT2D eigenvalue weighted by Gasteiger charge is -2.24. The number of aryl methyl sites for hydroxylation is 2. The number of nitrogens with one attached hydrogen (secondary N) is 1. The van der Waals surface area contributed by atoms with Crippen molar-refractivity contribution in [2.75, 3.05) is 6.54 Å². The van der Waals surface area contributed by atoms with Crippen molar-refractivity contribution >= 4 is 5.91 Å². The van der Waals surface area contributed by atoms with Crippen LogP contribution in [0.3, 0.4) is 0 Å². The number of pyridine rings is 1. The summed E-state index contributed by atoms with van der Waals surface area (Å²) >= 11 is 0. The molecule has 0 aliphatic carbocycles. The van der Waals surface area contributed by atoms with Crippen LogP contribution in [0.5, 0.6) is 0 Å². The van der Waals surface area contributed by atoms with Crippen molar-refractivity contribution in [2.45, 2.75) is 52.4 Å². The molecule has 1 aliphatic rings. The van der Waals surface area contributed by atoms with Crippen LogP contribution < -0.4 is 5.32 Å². The fraction of sp³-hybridized carbons (Fsp3) is 0.375. The van der Waals surface area contributed by atoms with Crippen molar-refractivity contribution in [3.05, 3.63) is 82.9 Å². The van der Waals surface area contributed by atoms with E-state index in [1.165, 1.54) is 12.1 Å². The summed E-state index contributed by atoms with van der Waals surface area (Å²) in [5.41, 5.74) is 3.14. The van der Waals surface area contributed by atoms with Crippen LogP contribution in [0, 0.1) is 12.7 Å². The van der Waals surface area contributed by atoms with E-state index in [1.807, 2.05) is 31.5 Å². The van der Waals surface area contributed by atoms with E-state index in [1.54, 1.807) is 12.1 Å². The molecule has 1 amide bonds. The van der Waals surface area contributed by atoms with Crippen LogP contribution in [-0.4, -0.2) is 31.9 Å². The molecule has 0 bridgehead atoms. The van der Waals surface area contributed by atoms with Gasteiger partial charge in [-0.1, -0.05) is 12.1 Å². The summed E-state index contributed by atoms with van der Waals surface area (Å²) < 4.78 is 15.2. The molecule has 1 saturated heterocycles. The first kappa shape index (κ1) is 21.2. The van der Waals surface area contributed by atoms with E-state index in [2.05, 4.69) is 26.7 Å². The van der Waals surface area contributed by atoms with Crippen LogP contribution in [-0.2, 0) is 19.6 Å². The van der Waals surface area contributed by atoms with Crippen LogP contribution in [0.4, 0.5) is 4.39 Å². The standard InChI is InChI=1S/C24H28FN5O/c1-3-29-14-12-26-23(29)16-30-13-4-5-22(30)21-11-10-20(17(2)28-21)24(31)27-15-18-6-8-19(25)9-7-18/h6-12,14,22H,3-5,13,15-16H2,1-2H3,(H,27,31)/t22-/m1/s1. The van der Waals surface area contributed by atoms with Gasteiger partial charge in [0.05, 0.1) is 29.5 Å². The molecule has 2 aromatic heterocycles. The number of hydrogen-bond donors (Lipinski definition) is 1. The fourth-order valence-electron chi connectivity index (χ4n) is 4.20. The zero-order valence-electron chi connectivity index (χ0n) is 18.0. The van der Waals surface area contributed by atoms with Gasteiger partial charge in [0.1, 0.15) is 11.6 Å². The van der Waals surface area contributed by atoms with E-state index in [-0.39, 0.29) is 17.8 Å². The molecular weight excluding hydrogens is 393 g/mol. The Kier molecular flexibility index (Phi) is 6.42. The maximum atomic E-state index is 13.0. The Labute approximate surface area is 182 Å². The van der Waals surface area contributed by atoms with Crippen LogP contribution in [0.15, 0.2) is 48.8 Å². The molecule has 31 heavy (non-hydrogen) atoms. The van der Waals surface area contributed by atoms with Gasteiger partial charge in [-0.25, -0.2) is 9.37 Å². The maximum absolute atomic E-state index is 13.0. The Morgan fingerprint density at radius 2 is 2.03 bits per heavy atom. The number of benzene rings is 1. The third-order valence-corrected chi connectivity index (χ3v) is 5.91. The lowest BCUT2D eigenvalue weighted by atomic mass is 10.1. The van der Waals surface area contributed by atoms with E-state index >= 15 is 0 Å². The second kappa shape index (κ2) is 9.39. The molecule has 162 valence electrons. The summed E-state index contributed by atoms with van der Waals surface area (Å²) in [6.07, 6.45) is 6.04. The molecule has 1 aliphatic heterocycles. The maximum Gasteiger partial charge on any atom is 0.253 e. The number of rotatable bonds is 7. The average molecular weight is 422 g/mol. The Hall–Kier alpha value is -3.06. The van der Waals surface area contributed by atoms with Crippen molar-refractivity contribution in [3.8, 4) is 0 Å². The summed E-state index contributed by atoms with van der Waals surface area (Å²) in [5, 5.41) is 2.89. The number of halogens is 1. The first-order chi connectivity index (χ1) is 15.0. The third kappa shape index (κ3) is 4.82. The molecule has 0 spiro atoms. The van der Waals surface area contributed by atoms with E-state index in [0.29, 0.717) is 12.1 Å². The van der Waals surface area contributed by atoms with Crippen molar-refractivity contribution in [2.24, 2.45) is 0 Å². The van der Waals surface area contributed by atoms with Gasteiger partial charge in [-0.2, -0.15) is 0 Å². The van der Waals surface area contributed by atoms with Gasteiger partial charge in [-0.15, -0.1) is 0 Å². The largest absolute Gasteiger partial charge is 0.348 e. The first-order valence-electron chi connectivity index (χ1n) is 10.8. The van der Waals surface area contributed by atoms with Crippen LogP contribution in [0.2, 0.25) is 0 Å². The highest BCUT2D eigenvalue weighted by Crippen LogP contribution is 2.32. The number of nitrogens with zero attached hydrogens (tertiary/aromatic N) is 4. The van der Waals surface area contributed by atoms with Crippen molar-refractivity contribution < 1.29 is 9.18 Å². The van der Waals surface area contributed by atoms with E-state index in [0.717, 1.165) is 55.3 Å². The normalized spacial score (nSPS) is 16.5. The molecule has 4 rings (SSSR count). The molecule has 0 unspecified atom stereocenters. The zero-order chi connectivity index (χ0) is 21.8. The Morgan fingerprint density at radius 1 is 1.23 bits per heavy atom. The minimum Gasteiger partial charge on any atom is -0.348 e. The van der Waals surface area contributed by atoms with Gasteiger partial charge in [-0.3, -0.25) is 14.7 Å². The molecule has 6 nitrogen and oxygen atoms in total. The second-order valence-electron chi connectivity index (χ2n) is 7.94. The predicted molar refractivity (Wildman–Crippen MR) is 117 cm³/mol. The van der Waals surface area contributed by atoms with Gasteiger partial charge in [0.25, 0.3) is 5.91 Å². The minimum atomic E-state index is -0.287. The molecule has 3 aromatic rings. The van der Waals surface area contributed by atoms with E-state index in [4.69, 9.17) is 4.98 Å². The molecule has 0 radical (unpaired) electrons. The smallest absolute Gasteiger partial charge is 0.253 e.